The van der Waals surface area contributed by atoms with Crippen LogP contribution < -0.4 is 0 Å². The molecule has 4 aliphatic rings. The molecule has 4 saturated carbocycles. The molecule has 0 aromatic heterocycles. The van der Waals surface area contributed by atoms with E-state index in [-0.39, 0.29) is 11.5 Å². The Morgan fingerprint density at radius 2 is 1.52 bits per heavy atom. The molecule has 0 aromatic carbocycles. The minimum Gasteiger partial charge on any atom is -0.393 e. The van der Waals surface area contributed by atoms with Crippen LogP contribution in [-0.2, 0) is 0 Å². The predicted molar refractivity (Wildman–Crippen MR) is 80.5 cm³/mol. The lowest BCUT2D eigenvalue weighted by Crippen LogP contribution is -2.52. The van der Waals surface area contributed by atoms with Gasteiger partial charge in [0.1, 0.15) is 0 Å². The number of aliphatic hydroxyl groups excluding tert-OH is 3. The molecule has 0 amide bonds. The molecule has 4 rings (SSSR count). The van der Waals surface area contributed by atoms with Gasteiger partial charge in [-0.15, -0.1) is 0 Å². The standard InChI is InChI=1S/C18H30O3/c1-18-7-6-11-12(14(18)4-5-17(18)21)3-2-10-8-15(19)16(20)9-13(10)11/h10-17,19-21H,2-9H2,1H3/t10?,11-,12+,13-,14-,15?,16?,17-,18-/m0/s1. The highest BCUT2D eigenvalue weighted by atomic mass is 16.3. The number of fused-ring (bicyclic) bond motifs is 5. The van der Waals surface area contributed by atoms with Crippen molar-refractivity contribution in [3.05, 3.63) is 0 Å². The van der Waals surface area contributed by atoms with Crippen LogP contribution in [0, 0.1) is 35.0 Å². The van der Waals surface area contributed by atoms with Crippen molar-refractivity contribution in [1.82, 2.24) is 0 Å². The molecule has 9 atom stereocenters. The zero-order valence-electron chi connectivity index (χ0n) is 13.1. The zero-order valence-corrected chi connectivity index (χ0v) is 13.1. The molecule has 0 bridgehead atoms. The van der Waals surface area contributed by atoms with Gasteiger partial charge < -0.3 is 15.3 Å². The average molecular weight is 294 g/mol. The van der Waals surface area contributed by atoms with Crippen molar-refractivity contribution in [2.45, 2.75) is 76.6 Å². The van der Waals surface area contributed by atoms with Crippen molar-refractivity contribution >= 4 is 0 Å². The maximum atomic E-state index is 10.4. The smallest absolute Gasteiger partial charge is 0.0802 e. The Morgan fingerprint density at radius 3 is 2.33 bits per heavy atom. The minimum atomic E-state index is -0.507. The Labute approximate surface area is 127 Å². The molecular formula is C18H30O3. The van der Waals surface area contributed by atoms with Crippen LogP contribution in [0.5, 0.6) is 0 Å². The first-order valence-electron chi connectivity index (χ1n) is 9.05. The molecule has 0 aromatic rings. The van der Waals surface area contributed by atoms with E-state index in [9.17, 15) is 15.3 Å². The number of rotatable bonds is 0. The minimum absolute atomic E-state index is 0.0973. The van der Waals surface area contributed by atoms with Gasteiger partial charge in [0, 0.05) is 0 Å². The largest absolute Gasteiger partial charge is 0.393 e. The molecule has 3 nitrogen and oxygen atoms in total. The van der Waals surface area contributed by atoms with E-state index in [4.69, 9.17) is 0 Å². The summed E-state index contributed by atoms with van der Waals surface area (Å²) in [6.45, 7) is 2.32. The van der Waals surface area contributed by atoms with Crippen molar-refractivity contribution in [3.63, 3.8) is 0 Å². The molecule has 4 aliphatic carbocycles. The van der Waals surface area contributed by atoms with Crippen molar-refractivity contribution in [2.24, 2.45) is 35.0 Å². The predicted octanol–water partition coefficient (Wildman–Crippen LogP) is 2.33. The van der Waals surface area contributed by atoms with Crippen molar-refractivity contribution in [1.29, 1.82) is 0 Å². The normalized spacial score (nSPS) is 60.0. The van der Waals surface area contributed by atoms with E-state index in [0.717, 1.165) is 37.5 Å². The van der Waals surface area contributed by atoms with Gasteiger partial charge in [-0.05, 0) is 86.4 Å². The Bertz CT molecular complexity index is 411. The van der Waals surface area contributed by atoms with E-state index < -0.39 is 12.2 Å². The fourth-order valence-electron chi connectivity index (χ4n) is 6.77. The first-order valence-corrected chi connectivity index (χ1v) is 9.05. The van der Waals surface area contributed by atoms with Crippen LogP contribution in [0.1, 0.15) is 58.3 Å². The van der Waals surface area contributed by atoms with Crippen LogP contribution in [0.15, 0.2) is 0 Å². The van der Waals surface area contributed by atoms with Gasteiger partial charge in [-0.3, -0.25) is 0 Å². The number of hydrogen-bond donors (Lipinski definition) is 3. The van der Waals surface area contributed by atoms with E-state index in [0.29, 0.717) is 17.8 Å². The Kier molecular flexibility index (Phi) is 3.40. The van der Waals surface area contributed by atoms with Gasteiger partial charge in [0.2, 0.25) is 0 Å². The average Bonchev–Trinajstić information content (AvgIpc) is 2.76. The van der Waals surface area contributed by atoms with Crippen molar-refractivity contribution in [2.75, 3.05) is 0 Å². The molecule has 4 fully saturated rings. The maximum absolute atomic E-state index is 10.4. The van der Waals surface area contributed by atoms with Crippen LogP contribution in [-0.4, -0.2) is 33.6 Å². The first kappa shape index (κ1) is 14.5. The van der Waals surface area contributed by atoms with Crippen LogP contribution >= 0.6 is 0 Å². The van der Waals surface area contributed by atoms with E-state index in [2.05, 4.69) is 6.92 Å². The van der Waals surface area contributed by atoms with Gasteiger partial charge in [-0.2, -0.15) is 0 Å². The van der Waals surface area contributed by atoms with Gasteiger partial charge >= 0.3 is 0 Å². The number of aliphatic hydroxyl groups is 3. The molecule has 0 saturated heterocycles. The van der Waals surface area contributed by atoms with Gasteiger partial charge in [-0.1, -0.05) is 6.92 Å². The SMILES string of the molecule is C[C@]12CC[C@H]3[C@@H](CCC4CC(O)C(O)C[C@@H]43)[C@@H]1CC[C@@H]2O. The third-order valence-corrected chi connectivity index (χ3v) is 7.97. The summed E-state index contributed by atoms with van der Waals surface area (Å²) < 4.78 is 0. The van der Waals surface area contributed by atoms with E-state index in [1.807, 2.05) is 0 Å². The monoisotopic (exact) mass is 294 g/mol. The molecule has 21 heavy (non-hydrogen) atoms. The van der Waals surface area contributed by atoms with Gasteiger partial charge in [-0.25, -0.2) is 0 Å². The zero-order chi connectivity index (χ0) is 14.8. The highest BCUT2D eigenvalue weighted by Crippen LogP contribution is 2.62. The maximum Gasteiger partial charge on any atom is 0.0802 e. The molecule has 3 heteroatoms. The van der Waals surface area contributed by atoms with Crippen molar-refractivity contribution in [3.8, 4) is 0 Å². The summed E-state index contributed by atoms with van der Waals surface area (Å²) in [6.07, 6.45) is 7.57. The molecular weight excluding hydrogens is 264 g/mol. The van der Waals surface area contributed by atoms with E-state index >= 15 is 0 Å². The van der Waals surface area contributed by atoms with E-state index in [1.165, 1.54) is 25.7 Å². The van der Waals surface area contributed by atoms with Crippen LogP contribution in [0.4, 0.5) is 0 Å². The molecule has 3 N–H and O–H groups in total. The summed E-state index contributed by atoms with van der Waals surface area (Å²) in [5.41, 5.74) is 0.154. The van der Waals surface area contributed by atoms with E-state index in [1.54, 1.807) is 0 Å². The molecule has 0 aliphatic heterocycles. The molecule has 0 spiro atoms. The molecule has 3 unspecified atom stereocenters. The molecule has 0 radical (unpaired) electrons. The fraction of sp³-hybridized carbons (Fsp3) is 1.00. The highest BCUT2D eigenvalue weighted by Gasteiger charge is 2.57. The second-order valence-electron chi connectivity index (χ2n) is 8.68. The van der Waals surface area contributed by atoms with Crippen LogP contribution in [0.3, 0.4) is 0 Å². The number of hydrogen-bond acceptors (Lipinski definition) is 3. The van der Waals surface area contributed by atoms with Gasteiger partial charge in [0.15, 0.2) is 0 Å². The van der Waals surface area contributed by atoms with Crippen molar-refractivity contribution < 1.29 is 15.3 Å². The summed E-state index contributed by atoms with van der Waals surface area (Å²) >= 11 is 0. The van der Waals surface area contributed by atoms with Crippen LogP contribution in [0.2, 0.25) is 0 Å². The summed E-state index contributed by atoms with van der Waals surface area (Å²) in [6, 6.07) is 0. The van der Waals surface area contributed by atoms with Gasteiger partial charge in [0.25, 0.3) is 0 Å². The quantitative estimate of drug-likeness (QED) is 0.642. The first-order chi connectivity index (χ1) is 10.0. The molecule has 120 valence electrons. The summed E-state index contributed by atoms with van der Waals surface area (Å²) in [7, 11) is 0. The summed E-state index contributed by atoms with van der Waals surface area (Å²) in [5.74, 6) is 3.42. The lowest BCUT2D eigenvalue weighted by molar-refractivity contribution is -0.120. The molecule has 0 heterocycles. The second kappa shape index (κ2) is 4.94. The summed E-state index contributed by atoms with van der Waals surface area (Å²) in [4.78, 5) is 0. The Hall–Kier alpha value is -0.120. The fourth-order valence-corrected chi connectivity index (χ4v) is 6.77. The third kappa shape index (κ3) is 2.04. The summed E-state index contributed by atoms with van der Waals surface area (Å²) in [5, 5.41) is 30.5. The van der Waals surface area contributed by atoms with Gasteiger partial charge in [0.05, 0.1) is 18.3 Å². The Morgan fingerprint density at radius 1 is 0.762 bits per heavy atom. The third-order valence-electron chi connectivity index (χ3n) is 7.97. The highest BCUT2D eigenvalue weighted by molar-refractivity contribution is 5.06. The second-order valence-corrected chi connectivity index (χ2v) is 8.68. The Balaban J connectivity index is 1.57. The lowest BCUT2D eigenvalue weighted by Gasteiger charge is -2.56. The van der Waals surface area contributed by atoms with Crippen LogP contribution in [0.25, 0.3) is 0 Å². The topological polar surface area (TPSA) is 60.7 Å². The lowest BCUT2D eigenvalue weighted by atomic mass is 9.50.